The van der Waals surface area contributed by atoms with E-state index >= 15 is 0 Å². The van der Waals surface area contributed by atoms with Crippen LogP contribution in [-0.4, -0.2) is 22.2 Å². The predicted molar refractivity (Wildman–Crippen MR) is 103 cm³/mol. The van der Waals surface area contributed by atoms with Gasteiger partial charge in [0.05, 0.1) is 11.6 Å². The Balaban J connectivity index is 1.57. The van der Waals surface area contributed by atoms with Crippen molar-refractivity contribution in [2.45, 2.75) is 26.5 Å². The summed E-state index contributed by atoms with van der Waals surface area (Å²) in [6, 6.07) is 12.4. The lowest BCUT2D eigenvalue weighted by Gasteiger charge is -2.14. The number of hydrogen-bond acceptors (Lipinski definition) is 5. The topological polar surface area (TPSA) is 77.2 Å². The molecule has 0 saturated carbocycles. The van der Waals surface area contributed by atoms with Gasteiger partial charge in [0.25, 0.3) is 5.91 Å². The molecule has 1 amide bonds. The van der Waals surface area contributed by atoms with Gasteiger partial charge in [-0.05, 0) is 49.7 Å². The van der Waals surface area contributed by atoms with Crippen molar-refractivity contribution in [1.29, 1.82) is 0 Å². The second kappa shape index (κ2) is 8.41. The molecule has 1 atom stereocenters. The first-order chi connectivity index (χ1) is 12.9. The number of hydrogen-bond donors (Lipinski definition) is 1. The SMILES string of the molecule is Cc1cc(O[C@H](C)C(=O)NCc2nc(-c3ccccc3Cl)no2)ccc1Cl. The zero-order chi connectivity index (χ0) is 19.4. The Kier molecular flexibility index (Phi) is 5.98. The number of aromatic nitrogens is 2. The molecule has 0 aliphatic rings. The molecule has 0 aliphatic heterocycles. The highest BCUT2D eigenvalue weighted by Crippen LogP contribution is 2.25. The van der Waals surface area contributed by atoms with Crippen molar-refractivity contribution in [3.8, 4) is 17.1 Å². The van der Waals surface area contributed by atoms with Gasteiger partial charge in [0.15, 0.2) is 6.10 Å². The molecule has 0 spiro atoms. The lowest BCUT2D eigenvalue weighted by atomic mass is 10.2. The van der Waals surface area contributed by atoms with Gasteiger partial charge in [0.2, 0.25) is 11.7 Å². The molecule has 0 fully saturated rings. The van der Waals surface area contributed by atoms with Gasteiger partial charge in [0.1, 0.15) is 5.75 Å². The van der Waals surface area contributed by atoms with Gasteiger partial charge in [-0.3, -0.25) is 4.79 Å². The lowest BCUT2D eigenvalue weighted by molar-refractivity contribution is -0.127. The molecule has 3 aromatic rings. The molecule has 27 heavy (non-hydrogen) atoms. The Labute approximate surface area is 166 Å². The zero-order valence-corrected chi connectivity index (χ0v) is 16.2. The Hall–Kier alpha value is -2.57. The summed E-state index contributed by atoms with van der Waals surface area (Å²) < 4.78 is 10.8. The number of carbonyl (C=O) groups is 1. The molecule has 140 valence electrons. The second-order valence-electron chi connectivity index (χ2n) is 5.88. The molecule has 0 unspecified atom stereocenters. The summed E-state index contributed by atoms with van der Waals surface area (Å²) in [4.78, 5) is 16.5. The third-order valence-corrected chi connectivity index (χ3v) is 4.56. The summed E-state index contributed by atoms with van der Waals surface area (Å²) in [5.74, 6) is 0.900. The van der Waals surface area contributed by atoms with Crippen molar-refractivity contribution < 1.29 is 14.1 Å². The molecule has 0 bridgehead atoms. The van der Waals surface area contributed by atoms with Crippen LogP contribution in [0.15, 0.2) is 47.0 Å². The van der Waals surface area contributed by atoms with Crippen LogP contribution in [0.25, 0.3) is 11.4 Å². The Morgan fingerprint density at radius 2 is 2.00 bits per heavy atom. The highest BCUT2D eigenvalue weighted by Gasteiger charge is 2.17. The highest BCUT2D eigenvalue weighted by molar-refractivity contribution is 6.33. The molecule has 3 rings (SSSR count). The fraction of sp³-hybridized carbons (Fsp3) is 0.211. The number of rotatable bonds is 6. The number of halogens is 2. The molecule has 1 N–H and O–H groups in total. The first-order valence-electron chi connectivity index (χ1n) is 8.22. The second-order valence-corrected chi connectivity index (χ2v) is 6.69. The molecule has 6 nitrogen and oxygen atoms in total. The highest BCUT2D eigenvalue weighted by atomic mass is 35.5. The van der Waals surface area contributed by atoms with Gasteiger partial charge in [-0.2, -0.15) is 4.98 Å². The lowest BCUT2D eigenvalue weighted by Crippen LogP contribution is -2.36. The summed E-state index contributed by atoms with van der Waals surface area (Å²) in [5.41, 5.74) is 1.54. The number of ether oxygens (including phenoxy) is 1. The summed E-state index contributed by atoms with van der Waals surface area (Å²) >= 11 is 12.1. The van der Waals surface area contributed by atoms with E-state index in [1.165, 1.54) is 0 Å². The minimum atomic E-state index is -0.698. The van der Waals surface area contributed by atoms with Crippen LogP contribution in [0.1, 0.15) is 18.4 Å². The van der Waals surface area contributed by atoms with E-state index in [9.17, 15) is 4.79 Å². The van der Waals surface area contributed by atoms with Gasteiger partial charge >= 0.3 is 0 Å². The first-order valence-corrected chi connectivity index (χ1v) is 8.97. The molecule has 1 heterocycles. The van der Waals surface area contributed by atoms with E-state index in [4.69, 9.17) is 32.5 Å². The fourth-order valence-corrected chi connectivity index (χ4v) is 2.67. The molecule has 1 aromatic heterocycles. The third-order valence-electron chi connectivity index (χ3n) is 3.81. The number of nitrogens with one attached hydrogen (secondary N) is 1. The van der Waals surface area contributed by atoms with Crippen LogP contribution in [0, 0.1) is 6.92 Å². The summed E-state index contributed by atoms with van der Waals surface area (Å²) in [5, 5.41) is 7.76. The average Bonchev–Trinajstić information content (AvgIpc) is 3.12. The van der Waals surface area contributed by atoms with Crippen molar-refractivity contribution in [2.75, 3.05) is 0 Å². The number of aryl methyl sites for hydroxylation is 1. The maximum absolute atomic E-state index is 12.2. The molecular formula is C19H17Cl2N3O3. The van der Waals surface area contributed by atoms with Crippen LogP contribution in [0.2, 0.25) is 10.0 Å². The smallest absolute Gasteiger partial charge is 0.261 e. The summed E-state index contributed by atoms with van der Waals surface area (Å²) in [6.45, 7) is 3.61. The summed E-state index contributed by atoms with van der Waals surface area (Å²) in [7, 11) is 0. The average molecular weight is 406 g/mol. The van der Waals surface area contributed by atoms with Gasteiger partial charge in [0, 0.05) is 10.6 Å². The van der Waals surface area contributed by atoms with E-state index < -0.39 is 6.10 Å². The van der Waals surface area contributed by atoms with Crippen LogP contribution >= 0.6 is 23.2 Å². The van der Waals surface area contributed by atoms with Crippen LogP contribution < -0.4 is 10.1 Å². The van der Waals surface area contributed by atoms with Crippen molar-refractivity contribution >= 4 is 29.1 Å². The van der Waals surface area contributed by atoms with E-state index in [1.54, 1.807) is 37.3 Å². The van der Waals surface area contributed by atoms with E-state index in [0.29, 0.717) is 27.2 Å². The Bertz CT molecular complexity index is 959. The van der Waals surface area contributed by atoms with Crippen LogP contribution in [0.5, 0.6) is 5.75 Å². The van der Waals surface area contributed by atoms with Crippen molar-refractivity contribution in [3.63, 3.8) is 0 Å². The molecule has 0 radical (unpaired) electrons. The molecule has 8 heteroatoms. The number of benzene rings is 2. The van der Waals surface area contributed by atoms with Crippen LogP contribution in [0.3, 0.4) is 0 Å². The van der Waals surface area contributed by atoms with Crippen molar-refractivity contribution in [3.05, 3.63) is 64.0 Å². The largest absolute Gasteiger partial charge is 0.481 e. The monoisotopic (exact) mass is 405 g/mol. The Morgan fingerprint density at radius 1 is 1.22 bits per heavy atom. The fourth-order valence-electron chi connectivity index (χ4n) is 2.33. The van der Waals surface area contributed by atoms with Crippen LogP contribution in [-0.2, 0) is 11.3 Å². The minimum Gasteiger partial charge on any atom is -0.481 e. The maximum atomic E-state index is 12.2. The first kappa shape index (κ1) is 19.2. The zero-order valence-electron chi connectivity index (χ0n) is 14.7. The molecule has 0 saturated heterocycles. The standard InChI is InChI=1S/C19H17Cl2N3O3/c1-11-9-13(7-8-15(11)20)26-12(2)19(25)22-10-17-23-18(24-27-17)14-5-3-4-6-16(14)21/h3-9,12H,10H2,1-2H3,(H,22,25)/t12-/m1/s1. The molecular weight excluding hydrogens is 389 g/mol. The van der Waals surface area contributed by atoms with Crippen molar-refractivity contribution in [2.24, 2.45) is 0 Å². The van der Waals surface area contributed by atoms with Gasteiger partial charge < -0.3 is 14.6 Å². The predicted octanol–water partition coefficient (Wildman–Crippen LogP) is 4.44. The normalized spacial score (nSPS) is 11.9. The molecule has 0 aliphatic carbocycles. The van der Waals surface area contributed by atoms with E-state index in [2.05, 4.69) is 15.5 Å². The van der Waals surface area contributed by atoms with E-state index in [-0.39, 0.29) is 18.3 Å². The van der Waals surface area contributed by atoms with Gasteiger partial charge in [-0.25, -0.2) is 0 Å². The van der Waals surface area contributed by atoms with Crippen LogP contribution in [0.4, 0.5) is 0 Å². The van der Waals surface area contributed by atoms with Gasteiger partial charge in [-0.15, -0.1) is 0 Å². The number of nitrogens with zero attached hydrogens (tertiary/aromatic N) is 2. The Morgan fingerprint density at radius 3 is 2.74 bits per heavy atom. The van der Waals surface area contributed by atoms with E-state index in [0.717, 1.165) is 5.56 Å². The molecule has 2 aromatic carbocycles. The quantitative estimate of drug-likeness (QED) is 0.655. The van der Waals surface area contributed by atoms with Crippen molar-refractivity contribution in [1.82, 2.24) is 15.5 Å². The number of amides is 1. The maximum Gasteiger partial charge on any atom is 0.261 e. The minimum absolute atomic E-state index is 0.0869. The number of carbonyl (C=O) groups excluding carboxylic acids is 1. The summed E-state index contributed by atoms with van der Waals surface area (Å²) in [6.07, 6.45) is -0.698. The van der Waals surface area contributed by atoms with Gasteiger partial charge in [-0.1, -0.05) is 40.5 Å². The third kappa shape index (κ3) is 4.78. The van der Waals surface area contributed by atoms with E-state index in [1.807, 2.05) is 19.1 Å².